The summed E-state index contributed by atoms with van der Waals surface area (Å²) in [7, 11) is 1.65. The molecule has 0 unspecified atom stereocenters. The van der Waals surface area contributed by atoms with Gasteiger partial charge in [-0.3, -0.25) is 9.59 Å². The average molecular weight is 423 g/mol. The van der Waals surface area contributed by atoms with Crippen LogP contribution in [0.25, 0.3) is 16.9 Å². The lowest BCUT2D eigenvalue weighted by atomic mass is 10.1. The second kappa shape index (κ2) is 9.06. The summed E-state index contributed by atoms with van der Waals surface area (Å²) < 4.78 is 8.33. The summed E-state index contributed by atoms with van der Waals surface area (Å²) in [6.45, 7) is 1.66. The fourth-order valence-corrected chi connectivity index (χ4v) is 3.91. The van der Waals surface area contributed by atoms with Gasteiger partial charge in [0.15, 0.2) is 0 Å². The molecule has 0 spiro atoms. The molecule has 1 amide bonds. The topological polar surface area (TPSA) is 78.2 Å². The molecular weight excluding hydrogens is 400 g/mol. The van der Waals surface area contributed by atoms with Crippen LogP contribution in [0.4, 0.5) is 0 Å². The Morgan fingerprint density at radius 3 is 2.73 bits per heavy atom. The van der Waals surface area contributed by atoms with Crippen molar-refractivity contribution in [1.29, 1.82) is 0 Å². The zero-order valence-electron chi connectivity index (χ0n) is 16.6. The number of hydrogen-bond acceptors (Lipinski definition) is 5. The molecule has 3 heterocycles. The smallest absolute Gasteiger partial charge is 0.282 e. The molecule has 4 rings (SSSR count). The molecule has 2 aromatic rings. The van der Waals surface area contributed by atoms with E-state index in [9.17, 15) is 9.59 Å². The maximum atomic E-state index is 13.1. The molecule has 1 aromatic carbocycles. The molecule has 0 radical (unpaired) electrons. The molecule has 0 saturated carbocycles. The predicted octanol–water partition coefficient (Wildman–Crippen LogP) is 3.17. The van der Waals surface area contributed by atoms with E-state index in [1.165, 1.54) is 4.68 Å². The van der Waals surface area contributed by atoms with Crippen LogP contribution in [0.1, 0.15) is 21.7 Å². The summed E-state index contributed by atoms with van der Waals surface area (Å²) >= 11 is 1.58. The molecule has 30 heavy (non-hydrogen) atoms. The quantitative estimate of drug-likeness (QED) is 0.443. The van der Waals surface area contributed by atoms with E-state index in [2.05, 4.69) is 10.4 Å². The van der Waals surface area contributed by atoms with E-state index in [1.807, 2.05) is 52.4 Å². The van der Waals surface area contributed by atoms with Gasteiger partial charge in [-0.2, -0.15) is 9.78 Å². The van der Waals surface area contributed by atoms with Crippen LogP contribution in [-0.4, -0.2) is 34.0 Å². The summed E-state index contributed by atoms with van der Waals surface area (Å²) in [4.78, 5) is 27.1. The highest BCUT2D eigenvalue weighted by Crippen LogP contribution is 2.23. The fraction of sp³-hybridized carbons (Fsp3) is 0.227. The van der Waals surface area contributed by atoms with Crippen molar-refractivity contribution in [3.05, 3.63) is 81.0 Å². The molecule has 1 aromatic heterocycles. The highest BCUT2D eigenvalue weighted by Gasteiger charge is 2.24. The maximum absolute atomic E-state index is 13.1. The third-order valence-electron chi connectivity index (χ3n) is 4.74. The molecular formula is C22H22N4O3S. The molecule has 2 aliphatic rings. The Labute approximate surface area is 177 Å². The fourth-order valence-electron chi connectivity index (χ4n) is 3.27. The van der Waals surface area contributed by atoms with Gasteiger partial charge in [-0.05, 0) is 30.0 Å². The standard InChI is InChI=1S/C22H22N4O3S/c1-29-11-6-10-25-14-18(21(27)23-13-17-9-5-12-30-17)20-19(15-25)22(28)26(24-20)16-7-3-2-4-8-16/h2-5,7-9,12,14-15H,6,10-11,13H2,1H3,(H,23,27). The lowest BCUT2D eigenvalue weighted by Gasteiger charge is -2.12. The number of amides is 1. The number of aryl methyl sites for hydroxylation is 1. The first kappa shape index (κ1) is 20.1. The van der Waals surface area contributed by atoms with Crippen LogP contribution in [0.3, 0.4) is 0 Å². The average Bonchev–Trinajstić information content (AvgIpc) is 3.41. The van der Waals surface area contributed by atoms with Gasteiger partial charge in [0, 0.05) is 37.5 Å². The third-order valence-corrected chi connectivity index (χ3v) is 5.61. The van der Waals surface area contributed by atoms with Crippen LogP contribution in [0.5, 0.6) is 0 Å². The molecule has 2 aliphatic heterocycles. The van der Waals surface area contributed by atoms with Crippen molar-refractivity contribution >= 4 is 17.2 Å². The second-order valence-corrected chi connectivity index (χ2v) is 7.87. The molecule has 7 nitrogen and oxygen atoms in total. The number of rotatable bonds is 8. The Balaban J connectivity index is 1.73. The number of methoxy groups -OCH3 is 1. The summed E-state index contributed by atoms with van der Waals surface area (Å²) in [6.07, 6.45) is 4.28. The van der Waals surface area contributed by atoms with Crippen molar-refractivity contribution in [2.45, 2.75) is 19.5 Å². The van der Waals surface area contributed by atoms with Crippen LogP contribution in [0.15, 0.2) is 65.0 Å². The van der Waals surface area contributed by atoms with Crippen LogP contribution in [0.2, 0.25) is 0 Å². The van der Waals surface area contributed by atoms with Crippen molar-refractivity contribution in [1.82, 2.24) is 19.7 Å². The van der Waals surface area contributed by atoms with Gasteiger partial charge >= 0.3 is 0 Å². The van der Waals surface area contributed by atoms with E-state index in [-0.39, 0.29) is 11.5 Å². The number of para-hydroxylation sites is 1. The first-order valence-electron chi connectivity index (χ1n) is 9.65. The molecule has 0 bridgehead atoms. The number of aromatic nitrogens is 3. The number of fused-ring (bicyclic) bond motifs is 1. The minimum atomic E-state index is -0.257. The predicted molar refractivity (Wildman–Crippen MR) is 116 cm³/mol. The van der Waals surface area contributed by atoms with Crippen LogP contribution in [-0.2, 0) is 17.8 Å². The Hall–Kier alpha value is -3.23. The van der Waals surface area contributed by atoms with Crippen LogP contribution < -0.4 is 10.9 Å². The number of carbonyl (C=O) groups excluding carboxylic acids is 1. The van der Waals surface area contributed by atoms with Crippen molar-refractivity contribution < 1.29 is 9.53 Å². The van der Waals surface area contributed by atoms with E-state index in [4.69, 9.17) is 4.74 Å². The zero-order chi connectivity index (χ0) is 20.9. The van der Waals surface area contributed by atoms with Crippen LogP contribution in [0, 0.1) is 0 Å². The SMILES string of the molecule is COCCCn1cc(C(=O)NCc2cccs2)c2nn(-c3ccccc3)c(=O)c-2c1. The number of benzene rings is 1. The zero-order valence-corrected chi connectivity index (χ0v) is 17.4. The number of thiophene rings is 1. The number of nitrogens with zero attached hydrogens (tertiary/aromatic N) is 3. The Morgan fingerprint density at radius 2 is 2.00 bits per heavy atom. The van der Waals surface area contributed by atoms with E-state index in [0.717, 1.165) is 11.3 Å². The highest BCUT2D eigenvalue weighted by molar-refractivity contribution is 7.09. The van der Waals surface area contributed by atoms with Gasteiger partial charge < -0.3 is 14.6 Å². The third kappa shape index (κ3) is 4.19. The van der Waals surface area contributed by atoms with Crippen molar-refractivity contribution in [3.63, 3.8) is 0 Å². The molecule has 0 fully saturated rings. The van der Waals surface area contributed by atoms with Crippen molar-refractivity contribution in [2.24, 2.45) is 0 Å². The number of hydrogen-bond donors (Lipinski definition) is 1. The maximum Gasteiger partial charge on any atom is 0.282 e. The van der Waals surface area contributed by atoms with E-state index < -0.39 is 0 Å². The summed E-state index contributed by atoms with van der Waals surface area (Å²) in [5.74, 6) is -0.257. The first-order chi connectivity index (χ1) is 14.7. The van der Waals surface area contributed by atoms with Gasteiger partial charge in [0.25, 0.3) is 11.5 Å². The van der Waals surface area contributed by atoms with Gasteiger partial charge in [-0.25, -0.2) is 0 Å². The minimum Gasteiger partial charge on any atom is -0.385 e. The number of nitrogens with one attached hydrogen (secondary N) is 1. The van der Waals surface area contributed by atoms with Crippen molar-refractivity contribution in [3.8, 4) is 16.9 Å². The van der Waals surface area contributed by atoms with Gasteiger partial charge in [-0.1, -0.05) is 24.3 Å². The largest absolute Gasteiger partial charge is 0.385 e. The lowest BCUT2D eigenvalue weighted by molar-refractivity contribution is 0.0950. The number of ether oxygens (including phenoxy) is 1. The Kier molecular flexibility index (Phi) is 6.06. The summed E-state index contributed by atoms with van der Waals surface area (Å²) in [5.41, 5.74) is 1.61. The van der Waals surface area contributed by atoms with E-state index in [1.54, 1.807) is 30.8 Å². The van der Waals surface area contributed by atoms with Gasteiger partial charge in [0.1, 0.15) is 5.69 Å². The van der Waals surface area contributed by atoms with E-state index >= 15 is 0 Å². The molecule has 0 atom stereocenters. The van der Waals surface area contributed by atoms with Gasteiger partial charge in [0.2, 0.25) is 0 Å². The van der Waals surface area contributed by atoms with Crippen molar-refractivity contribution in [2.75, 3.05) is 13.7 Å². The Bertz CT molecular complexity index is 1150. The molecule has 0 aliphatic carbocycles. The first-order valence-corrected chi connectivity index (χ1v) is 10.5. The second-order valence-electron chi connectivity index (χ2n) is 6.83. The highest BCUT2D eigenvalue weighted by atomic mass is 32.1. The lowest BCUT2D eigenvalue weighted by Crippen LogP contribution is -2.24. The molecule has 0 saturated heterocycles. The monoisotopic (exact) mass is 422 g/mol. The molecule has 154 valence electrons. The van der Waals surface area contributed by atoms with Crippen LogP contribution >= 0.6 is 11.3 Å². The minimum absolute atomic E-state index is 0.246. The Morgan fingerprint density at radius 1 is 1.17 bits per heavy atom. The van der Waals surface area contributed by atoms with Gasteiger partial charge in [-0.15, -0.1) is 11.3 Å². The number of carbonyl (C=O) groups is 1. The number of pyridine rings is 1. The normalized spacial score (nSPS) is 11.1. The summed E-state index contributed by atoms with van der Waals surface area (Å²) in [6, 6.07) is 13.1. The van der Waals surface area contributed by atoms with Gasteiger partial charge in [0.05, 0.1) is 23.4 Å². The molecule has 8 heteroatoms. The van der Waals surface area contributed by atoms with E-state index in [0.29, 0.717) is 42.2 Å². The summed E-state index contributed by atoms with van der Waals surface area (Å²) in [5, 5.41) is 9.40. The molecule has 1 N–H and O–H groups in total.